The Bertz CT molecular complexity index is 424. The first kappa shape index (κ1) is 14.1. The fourth-order valence-corrected chi connectivity index (χ4v) is 3.63. The van der Waals surface area contributed by atoms with Gasteiger partial charge in [0.1, 0.15) is 0 Å². The minimum Gasteiger partial charge on any atom is -0.299 e. The molecular weight excluding hydrogens is 310 g/mol. The first-order chi connectivity index (χ1) is 8.66. The highest BCUT2D eigenvalue weighted by molar-refractivity contribution is 9.10. The van der Waals surface area contributed by atoms with E-state index in [1.807, 2.05) is 36.0 Å². The molecule has 18 heavy (non-hydrogen) atoms. The zero-order valence-electron chi connectivity index (χ0n) is 10.6. The third-order valence-corrected chi connectivity index (χ3v) is 4.96. The molecule has 0 saturated carbocycles. The van der Waals surface area contributed by atoms with Gasteiger partial charge >= 0.3 is 0 Å². The summed E-state index contributed by atoms with van der Waals surface area (Å²) in [7, 11) is 0. The van der Waals surface area contributed by atoms with Gasteiger partial charge in [0.2, 0.25) is 0 Å². The minimum absolute atomic E-state index is 0.238. The molecule has 0 amide bonds. The molecule has 0 aromatic heterocycles. The van der Waals surface area contributed by atoms with Crippen molar-refractivity contribution >= 4 is 33.5 Å². The van der Waals surface area contributed by atoms with Gasteiger partial charge in [-0.1, -0.05) is 28.1 Å². The quantitative estimate of drug-likeness (QED) is 0.790. The molecule has 0 aliphatic carbocycles. The van der Waals surface area contributed by atoms with Crippen LogP contribution in [-0.2, 0) is 0 Å². The Labute approximate surface area is 121 Å². The van der Waals surface area contributed by atoms with E-state index in [1.54, 1.807) is 0 Å². The number of hydrogen-bond acceptors (Lipinski definition) is 3. The molecule has 2 rings (SSSR count). The van der Waals surface area contributed by atoms with Crippen molar-refractivity contribution < 1.29 is 4.79 Å². The number of rotatable bonds is 4. The normalized spacial score (nSPS) is 20.9. The van der Waals surface area contributed by atoms with Crippen LogP contribution in [0, 0.1) is 0 Å². The van der Waals surface area contributed by atoms with Crippen LogP contribution in [0.5, 0.6) is 0 Å². The Morgan fingerprint density at radius 3 is 3.11 bits per heavy atom. The maximum atomic E-state index is 12.1. The first-order valence-electron chi connectivity index (χ1n) is 6.27. The Morgan fingerprint density at radius 2 is 2.39 bits per heavy atom. The second-order valence-corrected chi connectivity index (χ2v) is 6.71. The number of thioether (sulfide) groups is 1. The monoisotopic (exact) mass is 327 g/mol. The van der Waals surface area contributed by atoms with Crippen LogP contribution >= 0.6 is 27.7 Å². The van der Waals surface area contributed by atoms with Crippen molar-refractivity contribution in [3.63, 3.8) is 0 Å². The van der Waals surface area contributed by atoms with Crippen molar-refractivity contribution in [1.82, 2.24) is 4.90 Å². The maximum absolute atomic E-state index is 12.1. The fourth-order valence-electron chi connectivity index (χ4n) is 2.15. The third kappa shape index (κ3) is 3.84. The number of carbonyl (C=O) groups is 1. The van der Waals surface area contributed by atoms with Crippen molar-refractivity contribution in [1.29, 1.82) is 0 Å². The van der Waals surface area contributed by atoms with Gasteiger partial charge in [-0.05, 0) is 19.1 Å². The molecule has 0 bridgehead atoms. The van der Waals surface area contributed by atoms with Crippen molar-refractivity contribution in [3.8, 4) is 0 Å². The number of carbonyl (C=O) groups excluding carboxylic acids is 1. The van der Waals surface area contributed by atoms with E-state index in [0.717, 1.165) is 23.1 Å². The molecule has 1 fully saturated rings. The largest absolute Gasteiger partial charge is 0.299 e. The number of hydrogen-bond donors (Lipinski definition) is 0. The van der Waals surface area contributed by atoms with Gasteiger partial charge in [0.25, 0.3) is 0 Å². The first-order valence-corrected chi connectivity index (χ1v) is 8.22. The van der Waals surface area contributed by atoms with Crippen molar-refractivity contribution in [2.24, 2.45) is 0 Å². The summed E-state index contributed by atoms with van der Waals surface area (Å²) in [5, 5.41) is 0. The topological polar surface area (TPSA) is 20.3 Å². The minimum atomic E-state index is 0.238. The van der Waals surface area contributed by atoms with Crippen molar-refractivity contribution in [2.75, 3.05) is 24.6 Å². The van der Waals surface area contributed by atoms with Gasteiger partial charge in [-0.15, -0.1) is 0 Å². The zero-order chi connectivity index (χ0) is 13.0. The van der Waals surface area contributed by atoms with E-state index in [2.05, 4.69) is 27.8 Å². The van der Waals surface area contributed by atoms with Crippen LogP contribution in [0.1, 0.15) is 23.7 Å². The highest BCUT2D eigenvalue weighted by Crippen LogP contribution is 2.17. The fraction of sp³-hybridized carbons (Fsp3) is 0.500. The summed E-state index contributed by atoms with van der Waals surface area (Å²) in [4.78, 5) is 14.5. The van der Waals surface area contributed by atoms with E-state index < -0.39 is 0 Å². The lowest BCUT2D eigenvalue weighted by Gasteiger charge is -2.32. The summed E-state index contributed by atoms with van der Waals surface area (Å²) in [6.07, 6.45) is 0.617. The van der Waals surface area contributed by atoms with E-state index >= 15 is 0 Å². The molecular formula is C14H18BrNOS. The van der Waals surface area contributed by atoms with Crippen LogP contribution in [0.4, 0.5) is 0 Å². The Hall–Kier alpha value is -0.320. The lowest BCUT2D eigenvalue weighted by molar-refractivity contribution is 0.0957. The molecule has 1 aromatic carbocycles. The molecule has 0 N–H and O–H groups in total. The number of Topliss-reactive ketones (excluding diaryl/α,β-unsaturated/α-hetero) is 1. The van der Waals surface area contributed by atoms with Gasteiger partial charge in [-0.25, -0.2) is 0 Å². The van der Waals surface area contributed by atoms with E-state index in [9.17, 15) is 4.79 Å². The molecule has 1 unspecified atom stereocenters. The molecule has 2 nitrogen and oxygen atoms in total. The number of halogens is 1. The summed E-state index contributed by atoms with van der Waals surface area (Å²) >= 11 is 5.41. The highest BCUT2D eigenvalue weighted by atomic mass is 79.9. The van der Waals surface area contributed by atoms with E-state index in [4.69, 9.17) is 0 Å². The average Bonchev–Trinajstić information content (AvgIpc) is 2.37. The Morgan fingerprint density at radius 1 is 1.56 bits per heavy atom. The molecule has 0 radical (unpaired) electrons. The predicted molar refractivity (Wildman–Crippen MR) is 81.4 cm³/mol. The maximum Gasteiger partial charge on any atom is 0.164 e. The van der Waals surface area contributed by atoms with Crippen LogP contribution in [0.25, 0.3) is 0 Å². The van der Waals surface area contributed by atoms with Crippen LogP contribution in [0.3, 0.4) is 0 Å². The lowest BCUT2D eigenvalue weighted by atomic mass is 10.1. The summed E-state index contributed by atoms with van der Waals surface area (Å²) < 4.78 is 0.969. The second-order valence-electron chi connectivity index (χ2n) is 4.64. The summed E-state index contributed by atoms with van der Waals surface area (Å²) in [6, 6.07) is 8.25. The SMILES string of the molecule is CC1CSCCN1CCC(=O)c1cccc(Br)c1. The molecule has 1 aromatic rings. The van der Waals surface area contributed by atoms with E-state index in [-0.39, 0.29) is 5.78 Å². The molecule has 98 valence electrons. The van der Waals surface area contributed by atoms with Crippen molar-refractivity contribution in [3.05, 3.63) is 34.3 Å². The van der Waals surface area contributed by atoms with Gasteiger partial charge in [0.15, 0.2) is 5.78 Å². The number of benzene rings is 1. The van der Waals surface area contributed by atoms with Crippen molar-refractivity contribution in [2.45, 2.75) is 19.4 Å². The molecule has 1 aliphatic heterocycles. The van der Waals surface area contributed by atoms with Gasteiger partial charge < -0.3 is 0 Å². The van der Waals surface area contributed by atoms with Gasteiger partial charge in [-0.3, -0.25) is 9.69 Å². The Kier molecular flexibility index (Phi) is 5.27. The molecule has 1 atom stereocenters. The molecule has 4 heteroatoms. The molecule has 1 heterocycles. The van der Waals surface area contributed by atoms with Crippen LogP contribution in [-0.4, -0.2) is 41.3 Å². The van der Waals surface area contributed by atoms with Gasteiger partial charge in [0, 0.05) is 47.1 Å². The van der Waals surface area contributed by atoms with Crippen LogP contribution in [0.15, 0.2) is 28.7 Å². The zero-order valence-corrected chi connectivity index (χ0v) is 13.0. The average molecular weight is 328 g/mol. The summed E-state index contributed by atoms with van der Waals surface area (Å²) in [6.45, 7) is 4.24. The van der Waals surface area contributed by atoms with Crippen LogP contribution < -0.4 is 0 Å². The standard InChI is InChI=1S/C14H18BrNOS/c1-11-10-18-8-7-16(11)6-5-14(17)12-3-2-4-13(15)9-12/h2-4,9,11H,5-8,10H2,1H3. The van der Waals surface area contributed by atoms with E-state index in [0.29, 0.717) is 12.5 Å². The van der Waals surface area contributed by atoms with E-state index in [1.165, 1.54) is 11.5 Å². The molecule has 1 saturated heterocycles. The molecule has 1 aliphatic rings. The third-order valence-electron chi connectivity index (χ3n) is 3.28. The summed E-state index contributed by atoms with van der Waals surface area (Å²) in [5.74, 6) is 2.61. The summed E-state index contributed by atoms with van der Waals surface area (Å²) in [5.41, 5.74) is 0.809. The smallest absolute Gasteiger partial charge is 0.164 e. The van der Waals surface area contributed by atoms with Crippen LogP contribution in [0.2, 0.25) is 0 Å². The van der Waals surface area contributed by atoms with Gasteiger partial charge in [0.05, 0.1) is 0 Å². The number of nitrogens with zero attached hydrogens (tertiary/aromatic N) is 1. The number of ketones is 1. The highest BCUT2D eigenvalue weighted by Gasteiger charge is 2.19. The lowest BCUT2D eigenvalue weighted by Crippen LogP contribution is -2.41. The Balaban J connectivity index is 1.88. The molecule has 0 spiro atoms. The predicted octanol–water partition coefficient (Wildman–Crippen LogP) is 3.46. The van der Waals surface area contributed by atoms with Gasteiger partial charge in [-0.2, -0.15) is 11.8 Å². The second kappa shape index (κ2) is 6.73.